The van der Waals surface area contributed by atoms with Crippen LogP contribution in [0.15, 0.2) is 22.8 Å². The van der Waals surface area contributed by atoms with Gasteiger partial charge >= 0.3 is 0 Å². The molecule has 0 bridgehead atoms. The molecule has 0 saturated carbocycles. The van der Waals surface area contributed by atoms with Crippen molar-refractivity contribution < 1.29 is 12.8 Å². The molecule has 1 aliphatic rings. The van der Waals surface area contributed by atoms with Gasteiger partial charge in [0.25, 0.3) is 0 Å². The minimum absolute atomic E-state index is 0.196. The molecule has 0 spiro atoms. The molecule has 2 heterocycles. The Morgan fingerprint density at radius 3 is 2.95 bits per heavy atom. The highest BCUT2D eigenvalue weighted by Gasteiger charge is 2.22. The lowest BCUT2D eigenvalue weighted by Crippen LogP contribution is -2.37. The second-order valence-electron chi connectivity index (χ2n) is 5.09. The van der Waals surface area contributed by atoms with Crippen molar-refractivity contribution in [1.82, 2.24) is 9.62 Å². The van der Waals surface area contributed by atoms with E-state index in [1.54, 1.807) is 25.4 Å². The molecule has 1 atom stereocenters. The molecule has 1 aromatic heterocycles. The van der Waals surface area contributed by atoms with Crippen molar-refractivity contribution in [2.75, 3.05) is 19.3 Å². The third-order valence-electron chi connectivity index (χ3n) is 3.57. The fourth-order valence-electron chi connectivity index (χ4n) is 2.34. The molecule has 1 aromatic rings. The summed E-state index contributed by atoms with van der Waals surface area (Å²) in [5, 5.41) is 3.37. The van der Waals surface area contributed by atoms with Gasteiger partial charge in [-0.25, -0.2) is 8.42 Å². The molecule has 5 nitrogen and oxygen atoms in total. The van der Waals surface area contributed by atoms with Gasteiger partial charge in [0.15, 0.2) is 0 Å². The Kier molecular flexibility index (Phi) is 5.01. The molecule has 1 saturated heterocycles. The van der Waals surface area contributed by atoms with Gasteiger partial charge in [0.05, 0.1) is 18.6 Å². The smallest absolute Gasteiger partial charge is 0.214 e. The molecule has 2 rings (SSSR count). The minimum Gasteiger partial charge on any atom is -0.468 e. The molecule has 1 unspecified atom stereocenters. The Morgan fingerprint density at radius 2 is 2.32 bits per heavy atom. The second kappa shape index (κ2) is 6.54. The van der Waals surface area contributed by atoms with Gasteiger partial charge in [0.2, 0.25) is 10.0 Å². The molecule has 6 heteroatoms. The number of sulfonamides is 1. The van der Waals surface area contributed by atoms with Gasteiger partial charge in [-0.3, -0.25) is 0 Å². The normalized spacial score (nSPS) is 20.8. The van der Waals surface area contributed by atoms with Crippen LogP contribution in [0.5, 0.6) is 0 Å². The summed E-state index contributed by atoms with van der Waals surface area (Å²) >= 11 is 0. The number of piperidine rings is 1. The number of hydrogen-bond acceptors (Lipinski definition) is 4. The topological polar surface area (TPSA) is 62.6 Å². The summed E-state index contributed by atoms with van der Waals surface area (Å²) in [6, 6.07) is 3.90. The highest BCUT2D eigenvalue weighted by atomic mass is 32.2. The molecule has 0 amide bonds. The van der Waals surface area contributed by atoms with Gasteiger partial charge in [0, 0.05) is 13.1 Å². The first kappa shape index (κ1) is 14.6. The van der Waals surface area contributed by atoms with Gasteiger partial charge in [-0.05, 0) is 37.9 Å². The number of nitrogens with zero attached hydrogens (tertiary/aromatic N) is 1. The number of furan rings is 1. The fraction of sp³-hybridized carbons (Fsp3) is 0.692. The molecule has 1 fully saturated rings. The van der Waals surface area contributed by atoms with Crippen LogP contribution in [0, 0.1) is 0 Å². The van der Waals surface area contributed by atoms with Crippen LogP contribution in [0.25, 0.3) is 0 Å². The Labute approximate surface area is 115 Å². The van der Waals surface area contributed by atoms with Crippen molar-refractivity contribution in [3.05, 3.63) is 24.2 Å². The number of rotatable bonds is 6. The van der Waals surface area contributed by atoms with Gasteiger partial charge in [-0.1, -0.05) is 6.42 Å². The third-order valence-corrected chi connectivity index (χ3v) is 5.40. The maximum absolute atomic E-state index is 12.2. The zero-order valence-corrected chi connectivity index (χ0v) is 12.2. The quantitative estimate of drug-likeness (QED) is 0.862. The monoisotopic (exact) mass is 286 g/mol. The van der Waals surface area contributed by atoms with Gasteiger partial charge < -0.3 is 9.73 Å². The summed E-state index contributed by atoms with van der Waals surface area (Å²) in [5.41, 5.74) is 0. The molecule has 0 aromatic carbocycles. The van der Waals surface area contributed by atoms with Crippen LogP contribution < -0.4 is 5.32 Å². The SMILES string of the molecule is CN(Cc1ccco1)S(=O)(=O)CCC1CCCCN1. The third kappa shape index (κ3) is 4.33. The van der Waals surface area contributed by atoms with E-state index in [9.17, 15) is 8.42 Å². The molecule has 1 N–H and O–H groups in total. The van der Waals surface area contributed by atoms with E-state index in [0.717, 1.165) is 13.0 Å². The zero-order valence-electron chi connectivity index (χ0n) is 11.3. The van der Waals surface area contributed by atoms with Gasteiger partial charge in [-0.15, -0.1) is 0 Å². The first-order valence-corrected chi connectivity index (χ1v) is 8.38. The predicted octanol–water partition coefficient (Wildman–Crippen LogP) is 1.57. The van der Waals surface area contributed by atoms with E-state index in [4.69, 9.17) is 4.42 Å². The number of hydrogen-bond donors (Lipinski definition) is 1. The Hall–Kier alpha value is -0.850. The Morgan fingerprint density at radius 1 is 1.47 bits per heavy atom. The van der Waals surface area contributed by atoms with Gasteiger partial charge in [0.1, 0.15) is 5.76 Å². The minimum atomic E-state index is -3.20. The Bertz CT molecular complexity index is 464. The van der Waals surface area contributed by atoms with E-state index in [0.29, 0.717) is 24.8 Å². The molecule has 0 radical (unpaired) electrons. The Balaban J connectivity index is 1.83. The predicted molar refractivity (Wildman–Crippen MR) is 74.2 cm³/mol. The number of nitrogens with one attached hydrogen (secondary N) is 1. The summed E-state index contributed by atoms with van der Waals surface area (Å²) in [7, 11) is -1.60. The molecule has 19 heavy (non-hydrogen) atoms. The molecular formula is C13H22N2O3S. The standard InChI is InChI=1S/C13H22N2O3S/c1-15(11-13-6-4-9-18-13)19(16,17)10-7-12-5-2-3-8-14-12/h4,6,9,12,14H,2-3,5,7-8,10-11H2,1H3. The molecular weight excluding hydrogens is 264 g/mol. The van der Waals surface area contributed by atoms with Crippen molar-refractivity contribution in [2.24, 2.45) is 0 Å². The van der Waals surface area contributed by atoms with Gasteiger partial charge in [-0.2, -0.15) is 4.31 Å². The highest BCUT2D eigenvalue weighted by molar-refractivity contribution is 7.89. The van der Waals surface area contributed by atoms with E-state index in [1.807, 2.05) is 0 Å². The van der Waals surface area contributed by atoms with Crippen LogP contribution >= 0.6 is 0 Å². The lowest BCUT2D eigenvalue weighted by Gasteiger charge is -2.24. The average Bonchev–Trinajstić information content (AvgIpc) is 2.90. The van der Waals surface area contributed by atoms with Crippen LogP contribution in [0.1, 0.15) is 31.4 Å². The van der Waals surface area contributed by atoms with E-state index in [-0.39, 0.29) is 5.75 Å². The van der Waals surface area contributed by atoms with Crippen molar-refractivity contribution >= 4 is 10.0 Å². The fourth-order valence-corrected chi connectivity index (χ4v) is 3.56. The molecule has 1 aliphatic heterocycles. The largest absolute Gasteiger partial charge is 0.468 e. The lowest BCUT2D eigenvalue weighted by molar-refractivity contribution is 0.382. The summed E-state index contributed by atoms with van der Waals surface area (Å²) in [6.45, 7) is 1.31. The van der Waals surface area contributed by atoms with Crippen molar-refractivity contribution in [2.45, 2.75) is 38.3 Å². The maximum Gasteiger partial charge on any atom is 0.214 e. The molecule has 108 valence electrons. The maximum atomic E-state index is 12.2. The second-order valence-corrected chi connectivity index (χ2v) is 7.28. The summed E-state index contributed by atoms with van der Waals surface area (Å²) in [6.07, 6.45) is 5.71. The summed E-state index contributed by atoms with van der Waals surface area (Å²) < 4.78 is 30.9. The summed E-state index contributed by atoms with van der Waals surface area (Å²) in [5.74, 6) is 0.865. The van der Waals surface area contributed by atoms with Crippen LogP contribution in [0.2, 0.25) is 0 Å². The van der Waals surface area contributed by atoms with Crippen molar-refractivity contribution in [1.29, 1.82) is 0 Å². The van der Waals surface area contributed by atoms with Crippen LogP contribution in [-0.2, 0) is 16.6 Å². The van der Waals surface area contributed by atoms with Crippen LogP contribution in [0.4, 0.5) is 0 Å². The van der Waals surface area contributed by atoms with Crippen LogP contribution in [0.3, 0.4) is 0 Å². The highest BCUT2D eigenvalue weighted by Crippen LogP contribution is 2.14. The first-order valence-electron chi connectivity index (χ1n) is 6.78. The van der Waals surface area contributed by atoms with Crippen molar-refractivity contribution in [3.63, 3.8) is 0 Å². The van der Waals surface area contributed by atoms with Crippen LogP contribution in [-0.4, -0.2) is 38.1 Å². The van der Waals surface area contributed by atoms with E-state index < -0.39 is 10.0 Å². The van der Waals surface area contributed by atoms with E-state index in [1.165, 1.54) is 17.1 Å². The lowest BCUT2D eigenvalue weighted by atomic mass is 10.0. The van der Waals surface area contributed by atoms with E-state index in [2.05, 4.69) is 5.32 Å². The summed E-state index contributed by atoms with van der Waals surface area (Å²) in [4.78, 5) is 0. The zero-order chi connectivity index (χ0) is 13.7. The van der Waals surface area contributed by atoms with Crippen molar-refractivity contribution in [3.8, 4) is 0 Å². The average molecular weight is 286 g/mol. The van der Waals surface area contributed by atoms with E-state index >= 15 is 0 Å². The molecule has 0 aliphatic carbocycles. The first-order chi connectivity index (χ1) is 9.08.